The lowest BCUT2D eigenvalue weighted by molar-refractivity contribution is 0.129. The molecule has 1 N–H and O–H groups in total. The van der Waals surface area contributed by atoms with Crippen molar-refractivity contribution in [2.24, 2.45) is 16.7 Å². The molecule has 0 bridgehead atoms. The third-order valence-corrected chi connectivity index (χ3v) is 8.18. The minimum atomic E-state index is -0.839. The highest BCUT2D eigenvalue weighted by Crippen LogP contribution is 2.75. The number of hydrogen-bond donors (Lipinski definition) is 1. The first-order chi connectivity index (χ1) is 16.5. The van der Waals surface area contributed by atoms with Crippen molar-refractivity contribution in [1.82, 2.24) is 28.9 Å². The van der Waals surface area contributed by atoms with Crippen molar-refractivity contribution in [2.45, 2.75) is 40.5 Å². The second-order valence-electron chi connectivity index (χ2n) is 11.1. The lowest BCUT2D eigenvalue weighted by atomic mass is 9.75. The van der Waals surface area contributed by atoms with E-state index in [-0.39, 0.29) is 22.7 Å². The first-order valence-electron chi connectivity index (χ1n) is 11.9. The van der Waals surface area contributed by atoms with Crippen LogP contribution in [0.5, 0.6) is 5.75 Å². The van der Waals surface area contributed by atoms with E-state index in [1.165, 1.54) is 0 Å². The third-order valence-electron chi connectivity index (χ3n) is 8.18. The quantitative estimate of drug-likeness (QED) is 0.472. The number of ether oxygens (including phenoxy) is 1. The van der Waals surface area contributed by atoms with Gasteiger partial charge in [-0.1, -0.05) is 20.8 Å². The molecule has 9 heteroatoms. The van der Waals surface area contributed by atoms with Crippen LogP contribution in [0.3, 0.4) is 0 Å². The minimum Gasteiger partial charge on any atom is -0.493 e. The fourth-order valence-electron chi connectivity index (χ4n) is 6.45. The first kappa shape index (κ1) is 21.9. The Morgan fingerprint density at radius 1 is 1.17 bits per heavy atom. The number of hydrogen-bond acceptors (Lipinski definition) is 5. The maximum absolute atomic E-state index is 11.7. The van der Waals surface area contributed by atoms with Crippen molar-refractivity contribution in [3.8, 4) is 17.0 Å². The Kier molecular flexibility index (Phi) is 4.35. The van der Waals surface area contributed by atoms with Gasteiger partial charge in [-0.3, -0.25) is 4.98 Å². The lowest BCUT2D eigenvalue weighted by Gasteiger charge is -2.32. The average Bonchev–Trinajstić information content (AvgIpc) is 3.21. The van der Waals surface area contributed by atoms with Gasteiger partial charge < -0.3 is 19.1 Å². The van der Waals surface area contributed by atoms with Crippen molar-refractivity contribution in [2.75, 3.05) is 20.2 Å². The van der Waals surface area contributed by atoms with E-state index >= 15 is 0 Å². The van der Waals surface area contributed by atoms with E-state index in [1.54, 1.807) is 12.0 Å². The van der Waals surface area contributed by atoms with E-state index in [1.807, 2.05) is 47.3 Å². The summed E-state index contributed by atoms with van der Waals surface area (Å²) < 4.78 is 9.63. The van der Waals surface area contributed by atoms with Gasteiger partial charge in [-0.15, -0.1) is 0 Å². The van der Waals surface area contributed by atoms with Crippen molar-refractivity contribution in [3.05, 3.63) is 47.8 Å². The van der Waals surface area contributed by atoms with Crippen LogP contribution in [0.4, 0.5) is 4.79 Å². The van der Waals surface area contributed by atoms with Gasteiger partial charge in [0.05, 0.1) is 41.6 Å². The van der Waals surface area contributed by atoms with Crippen molar-refractivity contribution >= 4 is 17.3 Å². The monoisotopic (exact) mass is 474 g/mol. The summed E-state index contributed by atoms with van der Waals surface area (Å²) in [4.78, 5) is 22.8. The zero-order chi connectivity index (χ0) is 24.9. The molecule has 35 heavy (non-hydrogen) atoms. The lowest BCUT2D eigenvalue weighted by Crippen LogP contribution is -2.36. The maximum Gasteiger partial charge on any atom is 0.407 e. The number of methoxy groups -OCH3 is 1. The van der Waals surface area contributed by atoms with Crippen LogP contribution < -0.4 is 4.74 Å². The van der Waals surface area contributed by atoms with Crippen LogP contribution in [0.25, 0.3) is 22.4 Å². The number of pyridine rings is 1. The molecule has 3 unspecified atom stereocenters. The summed E-state index contributed by atoms with van der Waals surface area (Å²) in [6, 6.07) is 4.02. The van der Waals surface area contributed by atoms with Gasteiger partial charge in [0.1, 0.15) is 0 Å². The van der Waals surface area contributed by atoms with Gasteiger partial charge in [-0.2, -0.15) is 5.10 Å². The Hall–Kier alpha value is -3.62. The number of piperidine rings is 1. The topological polar surface area (TPSA) is 97.3 Å². The SMILES string of the molecule is COc1cc(-c2cc3c(C)nc(C)cn3n2)cn2cc(C3C4CN(C(=O)O)CC43C(C)(C)C)nc12. The van der Waals surface area contributed by atoms with Crippen LogP contribution in [0.15, 0.2) is 30.7 Å². The van der Waals surface area contributed by atoms with Crippen LogP contribution in [0.1, 0.15) is 43.8 Å². The molecular formula is C26H30N6O3. The molecule has 2 fully saturated rings. The third kappa shape index (κ3) is 3.00. The fourth-order valence-corrected chi connectivity index (χ4v) is 6.45. The van der Waals surface area contributed by atoms with E-state index < -0.39 is 6.09 Å². The number of imidazole rings is 1. The van der Waals surface area contributed by atoms with Crippen LogP contribution in [-0.2, 0) is 0 Å². The molecule has 1 saturated carbocycles. The van der Waals surface area contributed by atoms with Gasteiger partial charge in [-0.05, 0) is 37.3 Å². The molecule has 4 aromatic rings. The van der Waals surface area contributed by atoms with E-state index in [0.29, 0.717) is 18.8 Å². The number of likely N-dealkylation sites (tertiary alicyclic amines) is 1. The Balaban J connectivity index is 1.43. The van der Waals surface area contributed by atoms with Crippen LogP contribution in [-0.4, -0.2) is 60.3 Å². The normalized spacial score (nSPS) is 23.8. The summed E-state index contributed by atoms with van der Waals surface area (Å²) in [5.74, 6) is 1.17. The zero-order valence-corrected chi connectivity index (χ0v) is 20.9. The van der Waals surface area contributed by atoms with Crippen molar-refractivity contribution in [3.63, 3.8) is 0 Å². The number of fused-ring (bicyclic) bond motifs is 3. The summed E-state index contributed by atoms with van der Waals surface area (Å²) in [7, 11) is 1.65. The Labute approximate surface area is 203 Å². The zero-order valence-electron chi connectivity index (χ0n) is 20.9. The van der Waals surface area contributed by atoms with E-state index in [9.17, 15) is 9.90 Å². The van der Waals surface area contributed by atoms with E-state index in [0.717, 1.165) is 39.5 Å². The van der Waals surface area contributed by atoms with Crippen molar-refractivity contribution < 1.29 is 14.6 Å². The molecule has 6 rings (SSSR count). The number of rotatable bonds is 3. The van der Waals surface area contributed by atoms with Crippen molar-refractivity contribution in [1.29, 1.82) is 0 Å². The molecule has 0 aromatic carbocycles. The molecule has 9 nitrogen and oxygen atoms in total. The molecular weight excluding hydrogens is 444 g/mol. The molecule has 0 spiro atoms. The first-order valence-corrected chi connectivity index (χ1v) is 11.9. The molecule has 182 valence electrons. The molecule has 1 aliphatic heterocycles. The molecule has 0 radical (unpaired) electrons. The molecule has 3 atom stereocenters. The smallest absolute Gasteiger partial charge is 0.407 e. The minimum absolute atomic E-state index is 0.0435. The number of amides is 1. The van der Waals surface area contributed by atoms with Crippen LogP contribution >= 0.6 is 0 Å². The van der Waals surface area contributed by atoms with Crippen LogP contribution in [0, 0.1) is 30.6 Å². The number of nitrogens with zero attached hydrogens (tertiary/aromatic N) is 6. The van der Waals surface area contributed by atoms with Gasteiger partial charge in [0.25, 0.3) is 0 Å². The number of carbonyl (C=O) groups is 1. The second-order valence-corrected chi connectivity index (χ2v) is 11.1. The molecule has 5 heterocycles. The largest absolute Gasteiger partial charge is 0.493 e. The highest BCUT2D eigenvalue weighted by Gasteiger charge is 2.75. The highest BCUT2D eigenvalue weighted by molar-refractivity contribution is 5.72. The summed E-state index contributed by atoms with van der Waals surface area (Å²) in [5.41, 5.74) is 6.19. The molecule has 2 aliphatic rings. The predicted molar refractivity (Wildman–Crippen MR) is 131 cm³/mol. The van der Waals surface area contributed by atoms with E-state index in [2.05, 4.69) is 32.0 Å². The second kappa shape index (κ2) is 6.96. The molecule has 1 aliphatic carbocycles. The molecule has 1 amide bonds. The standard InChI is InChI=1S/C26H30N6O3/c1-14-9-32-20(15(2)27-14)8-18(29-32)16-7-21(35-6)23-28-19(12-30(23)10-16)22-17-11-31(24(33)34)13-26(17,22)25(3,4)5/h7-10,12,17,22H,11,13H2,1-6H3,(H,33,34). The number of aryl methyl sites for hydroxylation is 2. The number of aromatic nitrogens is 5. The predicted octanol–water partition coefficient (Wildman–Crippen LogP) is 4.41. The molecule has 1 saturated heterocycles. The number of carboxylic acid groups (broad SMARTS) is 1. The maximum atomic E-state index is 11.7. The summed E-state index contributed by atoms with van der Waals surface area (Å²) >= 11 is 0. The van der Waals surface area contributed by atoms with Gasteiger partial charge in [0, 0.05) is 42.4 Å². The van der Waals surface area contributed by atoms with Gasteiger partial charge in [0.15, 0.2) is 11.4 Å². The Morgan fingerprint density at radius 3 is 2.60 bits per heavy atom. The average molecular weight is 475 g/mol. The summed E-state index contributed by atoms with van der Waals surface area (Å²) in [6.45, 7) is 11.7. The van der Waals surface area contributed by atoms with Gasteiger partial charge in [0.2, 0.25) is 0 Å². The molecule has 4 aromatic heterocycles. The summed E-state index contributed by atoms with van der Waals surface area (Å²) in [6.07, 6.45) is 5.20. The van der Waals surface area contributed by atoms with Gasteiger partial charge in [-0.25, -0.2) is 14.3 Å². The highest BCUT2D eigenvalue weighted by atomic mass is 16.5. The van der Waals surface area contributed by atoms with Crippen LogP contribution in [0.2, 0.25) is 0 Å². The van der Waals surface area contributed by atoms with Gasteiger partial charge >= 0.3 is 6.09 Å². The fraction of sp³-hybridized carbons (Fsp3) is 0.462. The Bertz CT molecular complexity index is 1510. The summed E-state index contributed by atoms with van der Waals surface area (Å²) in [5, 5.41) is 14.4. The van der Waals surface area contributed by atoms with E-state index in [4.69, 9.17) is 14.8 Å². The Morgan fingerprint density at radius 2 is 1.94 bits per heavy atom.